The van der Waals surface area contributed by atoms with Crippen LogP contribution >= 0.6 is 22.6 Å². The molecular formula is C24H22IN3O6. The van der Waals surface area contributed by atoms with E-state index in [1.165, 1.54) is 18.3 Å². The second-order valence-electron chi connectivity index (χ2n) is 6.90. The molecule has 0 aliphatic carbocycles. The molecule has 3 rings (SSSR count). The first-order valence-corrected chi connectivity index (χ1v) is 11.3. The summed E-state index contributed by atoms with van der Waals surface area (Å²) in [6, 6.07) is 16.6. The van der Waals surface area contributed by atoms with Gasteiger partial charge >= 0.3 is 0 Å². The third-order valence-electron chi connectivity index (χ3n) is 4.58. The summed E-state index contributed by atoms with van der Waals surface area (Å²) >= 11 is 2.13. The van der Waals surface area contributed by atoms with Crippen molar-refractivity contribution in [1.29, 1.82) is 0 Å². The van der Waals surface area contributed by atoms with E-state index < -0.39 is 4.92 Å². The summed E-state index contributed by atoms with van der Waals surface area (Å²) in [7, 11) is 1.55. The minimum Gasteiger partial charge on any atom is -0.496 e. The molecule has 0 bridgehead atoms. The summed E-state index contributed by atoms with van der Waals surface area (Å²) in [6.45, 7) is 2.41. The van der Waals surface area contributed by atoms with Crippen LogP contribution in [0.2, 0.25) is 0 Å². The molecule has 0 fully saturated rings. The second-order valence-corrected chi connectivity index (χ2v) is 8.07. The minimum absolute atomic E-state index is 0.00317. The quantitative estimate of drug-likeness (QED) is 0.159. The lowest BCUT2D eigenvalue weighted by Gasteiger charge is -2.12. The van der Waals surface area contributed by atoms with Gasteiger partial charge in [-0.05, 0) is 77.0 Å². The summed E-state index contributed by atoms with van der Waals surface area (Å²) in [4.78, 5) is 22.9. The number of nitrogens with zero attached hydrogens (tertiary/aromatic N) is 2. The lowest BCUT2D eigenvalue weighted by molar-refractivity contribution is -0.384. The molecule has 0 saturated heterocycles. The van der Waals surface area contributed by atoms with Crippen LogP contribution in [-0.2, 0) is 6.61 Å². The van der Waals surface area contributed by atoms with Crippen LogP contribution < -0.4 is 19.6 Å². The molecular weight excluding hydrogens is 553 g/mol. The molecule has 0 spiro atoms. The van der Waals surface area contributed by atoms with Crippen LogP contribution in [0, 0.1) is 13.7 Å². The highest BCUT2D eigenvalue weighted by atomic mass is 127. The summed E-state index contributed by atoms with van der Waals surface area (Å²) in [5, 5.41) is 15.0. The normalized spacial score (nSPS) is 10.7. The van der Waals surface area contributed by atoms with Crippen molar-refractivity contribution in [3.05, 3.63) is 91.0 Å². The maximum atomic E-state index is 12.4. The molecule has 9 nitrogen and oxygen atoms in total. The van der Waals surface area contributed by atoms with Gasteiger partial charge in [-0.25, -0.2) is 5.43 Å². The standard InChI is InChI=1S/C24H22IN3O6/c1-3-33-23-12-16(14-26-27-24(29)18-8-9-20(25)22(13-18)32-2)7-10-21(23)34-15-17-5-4-6-19(11-17)28(30)31/h4-14H,3,15H2,1-2H3,(H,27,29)/b26-14-. The van der Waals surface area contributed by atoms with Crippen molar-refractivity contribution < 1.29 is 23.9 Å². The van der Waals surface area contributed by atoms with Gasteiger partial charge < -0.3 is 14.2 Å². The molecule has 0 aromatic heterocycles. The Balaban J connectivity index is 1.67. The van der Waals surface area contributed by atoms with Crippen molar-refractivity contribution in [1.82, 2.24) is 5.43 Å². The number of halogens is 1. The van der Waals surface area contributed by atoms with Crippen LogP contribution in [0.25, 0.3) is 0 Å². The van der Waals surface area contributed by atoms with Crippen molar-refractivity contribution in [3.63, 3.8) is 0 Å². The molecule has 34 heavy (non-hydrogen) atoms. The van der Waals surface area contributed by atoms with Gasteiger partial charge in [-0.1, -0.05) is 12.1 Å². The fraction of sp³-hybridized carbons (Fsp3) is 0.167. The van der Waals surface area contributed by atoms with Gasteiger partial charge in [-0.15, -0.1) is 0 Å². The lowest BCUT2D eigenvalue weighted by atomic mass is 10.2. The van der Waals surface area contributed by atoms with Gasteiger partial charge in [0, 0.05) is 17.7 Å². The first-order valence-electron chi connectivity index (χ1n) is 10.2. The Morgan fingerprint density at radius 3 is 2.65 bits per heavy atom. The Morgan fingerprint density at radius 1 is 1.09 bits per heavy atom. The van der Waals surface area contributed by atoms with E-state index in [9.17, 15) is 14.9 Å². The average molecular weight is 575 g/mol. The molecule has 0 saturated carbocycles. The van der Waals surface area contributed by atoms with E-state index in [1.54, 1.807) is 55.6 Å². The number of hydrogen-bond donors (Lipinski definition) is 1. The van der Waals surface area contributed by atoms with E-state index in [1.807, 2.05) is 6.92 Å². The molecule has 1 N–H and O–H groups in total. The van der Waals surface area contributed by atoms with Crippen LogP contribution in [0.5, 0.6) is 17.2 Å². The van der Waals surface area contributed by atoms with Crippen LogP contribution in [0.3, 0.4) is 0 Å². The van der Waals surface area contributed by atoms with Gasteiger partial charge in [0.05, 0.1) is 28.4 Å². The highest BCUT2D eigenvalue weighted by molar-refractivity contribution is 14.1. The third-order valence-corrected chi connectivity index (χ3v) is 5.47. The lowest BCUT2D eigenvalue weighted by Crippen LogP contribution is -2.17. The van der Waals surface area contributed by atoms with Crippen molar-refractivity contribution >= 4 is 40.4 Å². The molecule has 3 aromatic carbocycles. The van der Waals surface area contributed by atoms with Crippen LogP contribution in [0.1, 0.15) is 28.4 Å². The van der Waals surface area contributed by atoms with Crippen LogP contribution in [0.4, 0.5) is 5.69 Å². The number of hydrazone groups is 1. The van der Waals surface area contributed by atoms with E-state index in [-0.39, 0.29) is 18.2 Å². The molecule has 1 amide bonds. The van der Waals surface area contributed by atoms with Crippen LogP contribution in [0.15, 0.2) is 65.8 Å². The minimum atomic E-state index is -0.447. The van der Waals surface area contributed by atoms with Gasteiger partial charge in [0.15, 0.2) is 11.5 Å². The maximum absolute atomic E-state index is 12.4. The van der Waals surface area contributed by atoms with Crippen LogP contribution in [-0.4, -0.2) is 30.8 Å². The number of ether oxygens (including phenoxy) is 3. The summed E-state index contributed by atoms with van der Waals surface area (Å²) in [5.41, 5.74) is 4.27. The summed E-state index contributed by atoms with van der Waals surface area (Å²) in [6.07, 6.45) is 1.49. The van der Waals surface area contributed by atoms with Crippen molar-refractivity contribution in [2.45, 2.75) is 13.5 Å². The van der Waals surface area contributed by atoms with E-state index >= 15 is 0 Å². The number of benzene rings is 3. The van der Waals surface area contributed by atoms with Crippen molar-refractivity contribution in [3.8, 4) is 17.2 Å². The van der Waals surface area contributed by atoms with Gasteiger partial charge in [0.1, 0.15) is 12.4 Å². The molecule has 0 aliphatic heterocycles. The highest BCUT2D eigenvalue weighted by Gasteiger charge is 2.10. The number of hydrogen-bond acceptors (Lipinski definition) is 7. The zero-order chi connectivity index (χ0) is 24.5. The molecule has 3 aromatic rings. The number of carbonyl (C=O) groups is 1. The van der Waals surface area contributed by atoms with E-state index in [4.69, 9.17) is 14.2 Å². The molecule has 0 radical (unpaired) electrons. The number of carbonyl (C=O) groups excluding carboxylic acids is 1. The Bertz CT molecular complexity index is 1220. The second kappa shape index (κ2) is 12.0. The van der Waals surface area contributed by atoms with E-state index in [2.05, 4.69) is 33.1 Å². The molecule has 0 aliphatic rings. The van der Waals surface area contributed by atoms with Gasteiger partial charge in [-0.2, -0.15) is 5.10 Å². The number of methoxy groups -OCH3 is 1. The zero-order valence-electron chi connectivity index (χ0n) is 18.5. The first-order chi connectivity index (χ1) is 16.4. The van der Waals surface area contributed by atoms with E-state index in [0.717, 1.165) is 3.57 Å². The number of amides is 1. The Labute approximate surface area is 210 Å². The zero-order valence-corrected chi connectivity index (χ0v) is 20.6. The topological polar surface area (TPSA) is 112 Å². The summed E-state index contributed by atoms with van der Waals surface area (Å²) in [5.74, 6) is 1.22. The summed E-state index contributed by atoms with van der Waals surface area (Å²) < 4.78 is 17.6. The first kappa shape index (κ1) is 25.0. The number of nitro groups is 1. The van der Waals surface area contributed by atoms with Crippen molar-refractivity contribution in [2.75, 3.05) is 13.7 Å². The molecule has 0 unspecified atom stereocenters. The Hall–Kier alpha value is -3.67. The maximum Gasteiger partial charge on any atom is 0.271 e. The number of nitro benzene ring substituents is 1. The number of rotatable bonds is 10. The fourth-order valence-electron chi connectivity index (χ4n) is 2.94. The Morgan fingerprint density at radius 2 is 1.91 bits per heavy atom. The van der Waals surface area contributed by atoms with Gasteiger partial charge in [-0.3, -0.25) is 14.9 Å². The highest BCUT2D eigenvalue weighted by Crippen LogP contribution is 2.29. The predicted octanol–water partition coefficient (Wildman–Crippen LogP) is 4.95. The third kappa shape index (κ3) is 6.67. The molecule has 0 atom stereocenters. The molecule has 0 heterocycles. The van der Waals surface area contributed by atoms with Gasteiger partial charge in [0.2, 0.25) is 0 Å². The van der Waals surface area contributed by atoms with Crippen molar-refractivity contribution in [2.24, 2.45) is 5.10 Å². The van der Waals surface area contributed by atoms with E-state index in [0.29, 0.717) is 40.5 Å². The van der Waals surface area contributed by atoms with Gasteiger partial charge in [0.25, 0.3) is 11.6 Å². The largest absolute Gasteiger partial charge is 0.496 e. The SMILES string of the molecule is CCOc1cc(/C=N\NC(=O)c2ccc(I)c(OC)c2)ccc1OCc1cccc([N+](=O)[O-])c1. The number of non-ortho nitro benzene ring substituents is 1. The fourth-order valence-corrected chi connectivity index (χ4v) is 3.50. The number of nitrogens with one attached hydrogen (secondary N) is 1. The smallest absolute Gasteiger partial charge is 0.271 e. The molecule has 10 heteroatoms. The Kier molecular flexibility index (Phi) is 8.79. The predicted molar refractivity (Wildman–Crippen MR) is 136 cm³/mol. The average Bonchev–Trinajstić information content (AvgIpc) is 2.84. The molecule has 176 valence electrons. The monoisotopic (exact) mass is 575 g/mol.